The van der Waals surface area contributed by atoms with E-state index in [0.717, 1.165) is 19.3 Å². The van der Waals surface area contributed by atoms with Crippen LogP contribution in [0.2, 0.25) is 0 Å². The van der Waals surface area contributed by atoms with Gasteiger partial charge in [0, 0.05) is 6.42 Å². The average Bonchev–Trinajstić information content (AvgIpc) is 2.58. The number of unbranched alkanes of at least 4 members (excludes halogenated alkanes) is 12. The summed E-state index contributed by atoms with van der Waals surface area (Å²) in [5.41, 5.74) is 0. The maximum Gasteiger partial charge on any atom is 1.00 e. The Balaban J connectivity index is 0. The summed E-state index contributed by atoms with van der Waals surface area (Å²) in [5, 5.41) is 21.6. The second-order valence-electron chi connectivity index (χ2n) is 7.03. The van der Waals surface area contributed by atoms with Crippen molar-refractivity contribution in [1.29, 1.82) is 0 Å². The third-order valence-corrected chi connectivity index (χ3v) is 4.51. The Morgan fingerprint density at radius 3 is 1.59 bits per heavy atom. The number of hydrogen-bond acceptors (Lipinski definition) is 4. The van der Waals surface area contributed by atoms with Crippen LogP contribution >= 0.6 is 0 Å². The van der Waals surface area contributed by atoms with E-state index in [1.165, 1.54) is 57.8 Å². The number of carboxylic acid groups (broad SMARTS) is 2. The minimum absolute atomic E-state index is 0. The quantitative estimate of drug-likeness (QED) is 0.255. The summed E-state index contributed by atoms with van der Waals surface area (Å²) in [4.78, 5) is 33.0. The van der Waals surface area contributed by atoms with Crippen LogP contribution in [0.5, 0.6) is 0 Å². The van der Waals surface area contributed by atoms with E-state index in [1.54, 1.807) is 0 Å². The van der Waals surface area contributed by atoms with Gasteiger partial charge in [0.15, 0.2) is 0 Å². The van der Waals surface area contributed by atoms with Crippen LogP contribution in [-0.4, -0.2) is 29.0 Å². The predicted octanol–water partition coefficient (Wildman–Crippen LogP) is 0.181. The van der Waals surface area contributed by atoms with Gasteiger partial charge in [0.1, 0.15) is 0 Å². The maximum atomic E-state index is 11.6. The van der Waals surface area contributed by atoms with E-state index in [0.29, 0.717) is 6.42 Å². The molecule has 6 nitrogen and oxygen atoms in total. The van der Waals surface area contributed by atoms with Crippen molar-refractivity contribution in [1.82, 2.24) is 5.32 Å². The summed E-state index contributed by atoms with van der Waals surface area (Å²) in [5.74, 6) is -3.27. The summed E-state index contributed by atoms with van der Waals surface area (Å²) < 4.78 is 0. The molecule has 0 aliphatic heterocycles. The van der Waals surface area contributed by atoms with Crippen molar-refractivity contribution < 1.29 is 54.2 Å². The van der Waals surface area contributed by atoms with E-state index >= 15 is 0 Å². The van der Waals surface area contributed by atoms with Crippen molar-refractivity contribution in [2.45, 2.75) is 109 Å². The van der Waals surface area contributed by atoms with Crippen molar-refractivity contribution in [3.8, 4) is 0 Å². The Bertz CT molecular complexity index is 404. The monoisotopic (exact) mass is 393 g/mol. The van der Waals surface area contributed by atoms with E-state index in [9.17, 15) is 19.5 Å². The van der Waals surface area contributed by atoms with Gasteiger partial charge in [0.2, 0.25) is 5.91 Å². The molecule has 0 radical (unpaired) electrons. The number of hydrogen-bond donors (Lipinski definition) is 2. The Kier molecular flexibility index (Phi) is 21.4. The van der Waals surface area contributed by atoms with Crippen LogP contribution in [-0.2, 0) is 14.4 Å². The molecule has 0 aromatic heterocycles. The molecule has 0 fully saturated rings. The van der Waals surface area contributed by atoms with Crippen molar-refractivity contribution in [3.63, 3.8) is 0 Å². The number of amides is 1. The molecule has 0 unspecified atom stereocenters. The van der Waals surface area contributed by atoms with Gasteiger partial charge in [-0.05, 0) is 6.42 Å². The minimum atomic E-state index is -1.56. The summed E-state index contributed by atoms with van der Waals surface area (Å²) in [6.07, 6.45) is 15.3. The number of carbonyl (C=O) groups excluding carboxylic acids is 2. The average molecular weight is 394 g/mol. The summed E-state index contributed by atoms with van der Waals surface area (Å²) in [7, 11) is 0. The molecule has 1 atom stereocenters. The van der Waals surface area contributed by atoms with Crippen LogP contribution < -0.4 is 40.0 Å². The first-order valence-electron chi connectivity index (χ1n) is 10.2. The first-order chi connectivity index (χ1) is 12.5. The zero-order valence-corrected chi connectivity index (χ0v) is 19.3. The van der Waals surface area contributed by atoms with Crippen molar-refractivity contribution >= 4 is 17.8 Å². The molecule has 0 spiro atoms. The molecule has 0 saturated heterocycles. The molecule has 152 valence electrons. The molecule has 0 aliphatic carbocycles. The van der Waals surface area contributed by atoms with Crippen LogP contribution in [0.25, 0.3) is 0 Å². The molecule has 2 N–H and O–H groups in total. The van der Waals surface area contributed by atoms with E-state index < -0.39 is 30.3 Å². The first-order valence-corrected chi connectivity index (χ1v) is 10.2. The van der Waals surface area contributed by atoms with Gasteiger partial charge in [0.05, 0.1) is 18.4 Å². The van der Waals surface area contributed by atoms with E-state index in [1.807, 2.05) is 0 Å². The van der Waals surface area contributed by atoms with Gasteiger partial charge in [-0.3, -0.25) is 9.59 Å². The van der Waals surface area contributed by atoms with Gasteiger partial charge in [-0.2, -0.15) is 0 Å². The molecule has 0 aliphatic rings. The molecule has 27 heavy (non-hydrogen) atoms. The molecule has 0 heterocycles. The van der Waals surface area contributed by atoms with Crippen LogP contribution in [0.3, 0.4) is 0 Å². The molecule has 0 aromatic carbocycles. The minimum Gasteiger partial charge on any atom is -0.548 e. The first kappa shape index (κ1) is 28.6. The maximum absolute atomic E-state index is 11.6. The van der Waals surface area contributed by atoms with Gasteiger partial charge in [-0.1, -0.05) is 84.0 Å². The van der Waals surface area contributed by atoms with Gasteiger partial charge in [-0.25, -0.2) is 0 Å². The van der Waals surface area contributed by atoms with Gasteiger partial charge < -0.3 is 20.3 Å². The Morgan fingerprint density at radius 2 is 1.22 bits per heavy atom. The van der Waals surface area contributed by atoms with E-state index in [-0.39, 0.29) is 36.0 Å². The third kappa shape index (κ3) is 20.0. The fourth-order valence-corrected chi connectivity index (χ4v) is 2.94. The molecule has 0 saturated carbocycles. The summed E-state index contributed by atoms with van der Waals surface area (Å²) in [6, 6.07) is -1.46. The summed E-state index contributed by atoms with van der Waals surface area (Å²) >= 11 is 0. The largest absolute Gasteiger partial charge is 1.00 e. The van der Waals surface area contributed by atoms with Crippen molar-refractivity contribution in [3.05, 3.63) is 0 Å². The van der Waals surface area contributed by atoms with Crippen LogP contribution in [0.15, 0.2) is 0 Å². The molecular formula is C20H36NNaO5. The Morgan fingerprint density at radius 1 is 0.815 bits per heavy atom. The zero-order valence-electron chi connectivity index (χ0n) is 17.3. The van der Waals surface area contributed by atoms with Gasteiger partial charge >= 0.3 is 35.5 Å². The third-order valence-electron chi connectivity index (χ3n) is 4.51. The smallest absolute Gasteiger partial charge is 0.548 e. The standard InChI is InChI=1S/C20H37NO5.Na/c1-2-3-4-5-6-7-8-9-10-11-12-13-14-15-18(22)21-17(20(25)26)16-19(23)24;/h17H,2-16H2,1H3,(H,21,22)(H,23,24)(H,25,26);/q;+1/p-1/t17-;/m0./s1. The molecule has 0 bridgehead atoms. The van der Waals surface area contributed by atoms with Gasteiger partial charge in [-0.15, -0.1) is 0 Å². The number of aliphatic carboxylic acids is 2. The van der Waals surface area contributed by atoms with E-state index in [4.69, 9.17) is 5.11 Å². The number of nitrogens with one attached hydrogen (secondary N) is 1. The zero-order chi connectivity index (χ0) is 19.6. The number of carbonyl (C=O) groups is 3. The number of carboxylic acids is 2. The fraction of sp³-hybridized carbons (Fsp3) is 0.850. The fourth-order valence-electron chi connectivity index (χ4n) is 2.94. The van der Waals surface area contributed by atoms with Crippen molar-refractivity contribution in [2.75, 3.05) is 0 Å². The van der Waals surface area contributed by atoms with E-state index in [2.05, 4.69) is 12.2 Å². The Labute approximate surface area is 186 Å². The van der Waals surface area contributed by atoms with Crippen LogP contribution in [0.4, 0.5) is 0 Å². The molecule has 0 aromatic rings. The topological polar surface area (TPSA) is 107 Å². The predicted molar refractivity (Wildman–Crippen MR) is 99.5 cm³/mol. The molecule has 0 rings (SSSR count). The van der Waals surface area contributed by atoms with Crippen LogP contribution in [0, 0.1) is 0 Å². The second kappa shape index (κ2) is 20.2. The van der Waals surface area contributed by atoms with Crippen molar-refractivity contribution in [2.24, 2.45) is 0 Å². The van der Waals surface area contributed by atoms with Crippen LogP contribution in [0.1, 0.15) is 103 Å². The Hall–Kier alpha value is -0.590. The normalized spacial score (nSPS) is 11.4. The number of rotatable bonds is 18. The SMILES string of the molecule is CCCCCCCCCCCCCCCC(=O)N[C@@H](CC(=O)O)C(=O)[O-].[Na+]. The molecule has 1 amide bonds. The summed E-state index contributed by atoms with van der Waals surface area (Å²) in [6.45, 7) is 2.23. The molecule has 7 heteroatoms. The second-order valence-corrected chi connectivity index (χ2v) is 7.03. The molecular weight excluding hydrogens is 357 g/mol. The van der Waals surface area contributed by atoms with Gasteiger partial charge in [0.25, 0.3) is 0 Å².